The molecule has 6 heteroatoms. The van der Waals surface area contributed by atoms with E-state index >= 15 is 0 Å². The Labute approximate surface area is 139 Å². The molecule has 0 amide bonds. The smallest absolute Gasteiger partial charge is 0.305 e. The second kappa shape index (κ2) is 7.50. The Kier molecular flexibility index (Phi) is 4.96. The number of methoxy groups -OCH3 is 1. The second-order valence-electron chi connectivity index (χ2n) is 5.26. The van der Waals surface area contributed by atoms with E-state index in [9.17, 15) is 4.79 Å². The molecule has 0 spiro atoms. The highest BCUT2D eigenvalue weighted by Crippen LogP contribution is 2.24. The molecule has 0 bridgehead atoms. The Morgan fingerprint density at radius 1 is 1.17 bits per heavy atom. The third-order valence-corrected chi connectivity index (χ3v) is 3.60. The molecule has 0 aliphatic carbocycles. The SMILES string of the molecule is COC(=O)CCCNc1nc(-c2cccnc2)nc2ccccc12. The number of benzene rings is 1. The summed E-state index contributed by atoms with van der Waals surface area (Å²) in [4.78, 5) is 24.6. The van der Waals surface area contributed by atoms with Crippen LogP contribution in [0.2, 0.25) is 0 Å². The van der Waals surface area contributed by atoms with Crippen molar-refractivity contribution in [3.63, 3.8) is 0 Å². The summed E-state index contributed by atoms with van der Waals surface area (Å²) in [7, 11) is 1.40. The van der Waals surface area contributed by atoms with Gasteiger partial charge in [0.1, 0.15) is 5.82 Å². The maximum Gasteiger partial charge on any atom is 0.305 e. The Morgan fingerprint density at radius 3 is 2.83 bits per heavy atom. The summed E-state index contributed by atoms with van der Waals surface area (Å²) in [5.74, 6) is 1.17. The zero-order valence-electron chi connectivity index (χ0n) is 13.4. The molecule has 0 fully saturated rings. The van der Waals surface area contributed by atoms with Crippen molar-refractivity contribution in [1.82, 2.24) is 15.0 Å². The fraction of sp³-hybridized carbons (Fsp3) is 0.222. The van der Waals surface area contributed by atoms with Crippen LogP contribution in [0.1, 0.15) is 12.8 Å². The molecule has 122 valence electrons. The van der Waals surface area contributed by atoms with Gasteiger partial charge >= 0.3 is 5.97 Å². The van der Waals surface area contributed by atoms with E-state index < -0.39 is 0 Å². The molecule has 3 rings (SSSR count). The number of fused-ring (bicyclic) bond motifs is 1. The molecule has 0 unspecified atom stereocenters. The first-order chi connectivity index (χ1) is 11.8. The van der Waals surface area contributed by atoms with Gasteiger partial charge in [-0.2, -0.15) is 0 Å². The van der Waals surface area contributed by atoms with Crippen LogP contribution in [0.4, 0.5) is 5.82 Å². The van der Waals surface area contributed by atoms with Crippen LogP contribution in [0, 0.1) is 0 Å². The molecular weight excluding hydrogens is 304 g/mol. The lowest BCUT2D eigenvalue weighted by Gasteiger charge is -2.10. The van der Waals surface area contributed by atoms with E-state index in [-0.39, 0.29) is 5.97 Å². The van der Waals surface area contributed by atoms with Crippen molar-refractivity contribution in [1.29, 1.82) is 0 Å². The third-order valence-electron chi connectivity index (χ3n) is 3.60. The van der Waals surface area contributed by atoms with Crippen LogP contribution < -0.4 is 5.32 Å². The van der Waals surface area contributed by atoms with Crippen LogP contribution >= 0.6 is 0 Å². The topological polar surface area (TPSA) is 77.0 Å². The first-order valence-electron chi connectivity index (χ1n) is 7.76. The summed E-state index contributed by atoms with van der Waals surface area (Å²) in [5, 5.41) is 4.25. The van der Waals surface area contributed by atoms with E-state index in [2.05, 4.69) is 25.0 Å². The number of rotatable bonds is 6. The number of pyridine rings is 1. The lowest BCUT2D eigenvalue weighted by Crippen LogP contribution is -2.08. The largest absolute Gasteiger partial charge is 0.469 e. The maximum atomic E-state index is 11.2. The average Bonchev–Trinajstić information content (AvgIpc) is 2.65. The highest BCUT2D eigenvalue weighted by Gasteiger charge is 2.09. The van der Waals surface area contributed by atoms with Crippen molar-refractivity contribution in [2.75, 3.05) is 19.0 Å². The van der Waals surface area contributed by atoms with Gasteiger partial charge < -0.3 is 10.1 Å². The third kappa shape index (κ3) is 3.65. The minimum absolute atomic E-state index is 0.208. The molecule has 1 aromatic carbocycles. The van der Waals surface area contributed by atoms with Gasteiger partial charge in [-0.15, -0.1) is 0 Å². The number of nitrogens with zero attached hydrogens (tertiary/aromatic N) is 3. The summed E-state index contributed by atoms with van der Waals surface area (Å²) in [6, 6.07) is 11.6. The van der Waals surface area contributed by atoms with Crippen LogP contribution in [-0.2, 0) is 9.53 Å². The average molecular weight is 322 g/mol. The molecular formula is C18H18N4O2. The van der Waals surface area contributed by atoms with Gasteiger partial charge in [-0.25, -0.2) is 9.97 Å². The predicted octanol–water partition coefficient (Wildman–Crippen LogP) is 3.06. The van der Waals surface area contributed by atoms with Crippen LogP contribution in [0.25, 0.3) is 22.3 Å². The van der Waals surface area contributed by atoms with Crippen molar-refractivity contribution in [2.45, 2.75) is 12.8 Å². The summed E-state index contributed by atoms with van der Waals surface area (Å²) < 4.78 is 4.65. The van der Waals surface area contributed by atoms with Gasteiger partial charge in [0, 0.05) is 36.3 Å². The molecule has 0 atom stereocenters. The molecule has 2 aromatic heterocycles. The zero-order chi connectivity index (χ0) is 16.8. The number of carbonyl (C=O) groups is 1. The number of hydrogen-bond acceptors (Lipinski definition) is 6. The first kappa shape index (κ1) is 15.9. The van der Waals surface area contributed by atoms with Gasteiger partial charge in [0.2, 0.25) is 0 Å². The number of para-hydroxylation sites is 1. The van der Waals surface area contributed by atoms with Crippen LogP contribution in [-0.4, -0.2) is 34.6 Å². The quantitative estimate of drug-likeness (QED) is 0.555. The Hall–Kier alpha value is -3.02. The molecule has 6 nitrogen and oxygen atoms in total. The molecule has 0 saturated heterocycles. The van der Waals surface area contributed by atoms with Gasteiger partial charge in [-0.05, 0) is 30.7 Å². The standard InChI is InChI=1S/C18H18N4O2/c1-24-16(23)9-5-11-20-18-14-7-2-3-8-15(14)21-17(22-18)13-6-4-10-19-12-13/h2-4,6-8,10,12H,5,9,11H2,1H3,(H,20,21,22). The Morgan fingerprint density at radius 2 is 2.04 bits per heavy atom. The number of ether oxygens (including phenoxy) is 1. The number of esters is 1. The van der Waals surface area contributed by atoms with Gasteiger partial charge in [-0.3, -0.25) is 9.78 Å². The summed E-state index contributed by atoms with van der Waals surface area (Å²) in [5.41, 5.74) is 1.72. The minimum Gasteiger partial charge on any atom is -0.469 e. The van der Waals surface area contributed by atoms with Crippen molar-refractivity contribution in [3.05, 3.63) is 48.8 Å². The molecule has 24 heavy (non-hydrogen) atoms. The zero-order valence-corrected chi connectivity index (χ0v) is 13.4. The fourth-order valence-corrected chi connectivity index (χ4v) is 2.38. The highest BCUT2D eigenvalue weighted by molar-refractivity contribution is 5.90. The molecule has 0 saturated carbocycles. The van der Waals surface area contributed by atoms with Gasteiger partial charge in [-0.1, -0.05) is 12.1 Å². The van der Waals surface area contributed by atoms with Crippen LogP contribution in [0.3, 0.4) is 0 Å². The second-order valence-corrected chi connectivity index (χ2v) is 5.26. The molecule has 0 radical (unpaired) electrons. The molecule has 0 aliphatic heterocycles. The van der Waals surface area contributed by atoms with Crippen molar-refractivity contribution in [2.24, 2.45) is 0 Å². The number of nitrogens with one attached hydrogen (secondary N) is 1. The van der Waals surface area contributed by atoms with E-state index in [0.717, 1.165) is 22.3 Å². The highest BCUT2D eigenvalue weighted by atomic mass is 16.5. The molecule has 1 N–H and O–H groups in total. The van der Waals surface area contributed by atoms with E-state index in [1.54, 1.807) is 12.4 Å². The maximum absolute atomic E-state index is 11.2. The summed E-state index contributed by atoms with van der Waals surface area (Å²) in [6.45, 7) is 0.628. The van der Waals surface area contributed by atoms with E-state index in [1.807, 2.05) is 36.4 Å². The van der Waals surface area contributed by atoms with Crippen LogP contribution in [0.5, 0.6) is 0 Å². The summed E-state index contributed by atoms with van der Waals surface area (Å²) in [6.07, 6.45) is 4.51. The fourth-order valence-electron chi connectivity index (χ4n) is 2.38. The predicted molar refractivity (Wildman–Crippen MR) is 92.5 cm³/mol. The normalized spacial score (nSPS) is 10.5. The van der Waals surface area contributed by atoms with Crippen molar-refractivity contribution < 1.29 is 9.53 Å². The molecule has 2 heterocycles. The van der Waals surface area contributed by atoms with E-state index in [4.69, 9.17) is 0 Å². The number of hydrogen-bond donors (Lipinski definition) is 1. The number of aromatic nitrogens is 3. The number of carbonyl (C=O) groups excluding carboxylic acids is 1. The van der Waals surface area contributed by atoms with E-state index in [1.165, 1.54) is 7.11 Å². The van der Waals surface area contributed by atoms with Gasteiger partial charge in [0.05, 0.1) is 12.6 Å². The van der Waals surface area contributed by atoms with Gasteiger partial charge in [0.25, 0.3) is 0 Å². The summed E-state index contributed by atoms with van der Waals surface area (Å²) >= 11 is 0. The minimum atomic E-state index is -0.208. The molecule has 0 aliphatic rings. The van der Waals surface area contributed by atoms with Gasteiger partial charge in [0.15, 0.2) is 5.82 Å². The lowest BCUT2D eigenvalue weighted by atomic mass is 10.2. The Bertz CT molecular complexity index is 837. The number of anilines is 1. The van der Waals surface area contributed by atoms with Crippen LogP contribution in [0.15, 0.2) is 48.8 Å². The van der Waals surface area contributed by atoms with Crippen molar-refractivity contribution in [3.8, 4) is 11.4 Å². The Balaban J connectivity index is 1.86. The monoisotopic (exact) mass is 322 g/mol. The van der Waals surface area contributed by atoms with E-state index in [0.29, 0.717) is 25.2 Å². The first-order valence-corrected chi connectivity index (χ1v) is 7.76. The lowest BCUT2D eigenvalue weighted by molar-refractivity contribution is -0.140. The molecule has 3 aromatic rings. The van der Waals surface area contributed by atoms with Crippen molar-refractivity contribution >= 4 is 22.7 Å².